The molecule has 0 aliphatic heterocycles. The molecule has 1 N–H and O–H groups in total. The topological polar surface area (TPSA) is 55.8 Å². The van der Waals surface area contributed by atoms with Crippen LogP contribution in [-0.2, 0) is 20.0 Å². The van der Waals surface area contributed by atoms with Crippen molar-refractivity contribution < 1.29 is 18.5 Å². The summed E-state index contributed by atoms with van der Waals surface area (Å²) in [6.45, 7) is 1.99. The van der Waals surface area contributed by atoms with Crippen LogP contribution in [0.15, 0.2) is 30.3 Å². The molecule has 0 radical (unpaired) electrons. The molecular formula is C10H15O4P. The van der Waals surface area contributed by atoms with Crippen LogP contribution in [0.4, 0.5) is 0 Å². The molecule has 0 fully saturated rings. The van der Waals surface area contributed by atoms with Gasteiger partial charge in [0.05, 0.1) is 13.2 Å². The highest BCUT2D eigenvalue weighted by Crippen LogP contribution is 2.42. The van der Waals surface area contributed by atoms with Crippen molar-refractivity contribution in [2.24, 2.45) is 0 Å². The Morgan fingerprint density at radius 2 is 1.93 bits per heavy atom. The molecule has 1 rings (SSSR count). The predicted molar refractivity (Wildman–Crippen MR) is 57.5 cm³/mol. The molecule has 0 aliphatic carbocycles. The summed E-state index contributed by atoms with van der Waals surface area (Å²) in [6.07, 6.45) is 0.596. The first-order valence-electron chi connectivity index (χ1n) is 4.80. The van der Waals surface area contributed by atoms with Gasteiger partial charge in [-0.1, -0.05) is 30.3 Å². The highest BCUT2D eigenvalue weighted by Gasteiger charge is 2.18. The summed E-state index contributed by atoms with van der Waals surface area (Å²) in [4.78, 5) is 9.10. The van der Waals surface area contributed by atoms with E-state index in [2.05, 4.69) is 4.52 Å². The third-order valence-electron chi connectivity index (χ3n) is 1.78. The van der Waals surface area contributed by atoms with E-state index in [9.17, 15) is 4.57 Å². The molecular weight excluding hydrogens is 215 g/mol. The molecule has 0 bridgehead atoms. The number of benzene rings is 1. The first-order chi connectivity index (χ1) is 7.14. The van der Waals surface area contributed by atoms with E-state index >= 15 is 0 Å². The molecule has 0 aliphatic rings. The van der Waals surface area contributed by atoms with Gasteiger partial charge in [-0.05, 0) is 18.9 Å². The molecule has 0 aromatic heterocycles. The standard InChI is InChI=1S/C10H15O4P/c1-2-13-15(11,12)14-9-8-10-6-4-3-5-7-10/h3-7H,2,8-9H2,1H3,(H,11,12). The van der Waals surface area contributed by atoms with Crippen molar-refractivity contribution in [3.05, 3.63) is 35.9 Å². The summed E-state index contributed by atoms with van der Waals surface area (Å²) in [5.74, 6) is 0. The Hall–Kier alpha value is -0.670. The zero-order valence-corrected chi connectivity index (χ0v) is 9.52. The van der Waals surface area contributed by atoms with E-state index in [0.717, 1.165) is 5.56 Å². The molecule has 0 spiro atoms. The molecule has 0 heterocycles. The van der Waals surface area contributed by atoms with Gasteiger partial charge in [-0.3, -0.25) is 9.05 Å². The second-order valence-corrected chi connectivity index (χ2v) is 4.41. The maximum atomic E-state index is 11.1. The fourth-order valence-electron chi connectivity index (χ4n) is 1.12. The zero-order chi connectivity index (χ0) is 11.1. The molecule has 0 saturated carbocycles. The minimum Gasteiger partial charge on any atom is -0.302 e. The maximum absolute atomic E-state index is 11.1. The molecule has 5 heteroatoms. The van der Waals surface area contributed by atoms with Gasteiger partial charge >= 0.3 is 7.82 Å². The molecule has 1 atom stereocenters. The Kier molecular flexibility index (Phi) is 4.99. The van der Waals surface area contributed by atoms with Crippen LogP contribution in [0.3, 0.4) is 0 Å². The average molecular weight is 230 g/mol. The Morgan fingerprint density at radius 3 is 2.53 bits per heavy atom. The zero-order valence-electron chi connectivity index (χ0n) is 8.63. The third kappa shape index (κ3) is 5.09. The van der Waals surface area contributed by atoms with Crippen LogP contribution < -0.4 is 0 Å². The number of phosphoric ester groups is 1. The monoisotopic (exact) mass is 230 g/mol. The lowest BCUT2D eigenvalue weighted by Crippen LogP contribution is -1.99. The third-order valence-corrected chi connectivity index (χ3v) is 2.87. The highest BCUT2D eigenvalue weighted by atomic mass is 31.2. The molecule has 0 amide bonds. The van der Waals surface area contributed by atoms with E-state index < -0.39 is 7.82 Å². The fourth-order valence-corrected chi connectivity index (χ4v) is 1.85. The maximum Gasteiger partial charge on any atom is 0.472 e. The van der Waals surface area contributed by atoms with Crippen molar-refractivity contribution in [2.45, 2.75) is 13.3 Å². The van der Waals surface area contributed by atoms with E-state index in [1.165, 1.54) is 0 Å². The van der Waals surface area contributed by atoms with Crippen LogP contribution in [0.25, 0.3) is 0 Å². The predicted octanol–water partition coefficient (Wildman–Crippen LogP) is 2.38. The van der Waals surface area contributed by atoms with Gasteiger partial charge in [0.1, 0.15) is 0 Å². The summed E-state index contributed by atoms with van der Waals surface area (Å²) in [5, 5.41) is 0. The van der Waals surface area contributed by atoms with E-state index in [-0.39, 0.29) is 13.2 Å². The Balaban J connectivity index is 2.31. The lowest BCUT2D eigenvalue weighted by molar-refractivity contribution is 0.156. The van der Waals surface area contributed by atoms with Gasteiger partial charge in [0.15, 0.2) is 0 Å². The van der Waals surface area contributed by atoms with Crippen LogP contribution in [0.5, 0.6) is 0 Å². The van der Waals surface area contributed by atoms with Crippen LogP contribution in [-0.4, -0.2) is 18.1 Å². The summed E-state index contributed by atoms with van der Waals surface area (Å²) in [7, 11) is -3.83. The van der Waals surface area contributed by atoms with Crippen LogP contribution >= 0.6 is 7.82 Å². The van der Waals surface area contributed by atoms with E-state index in [4.69, 9.17) is 9.42 Å². The summed E-state index contributed by atoms with van der Waals surface area (Å²) in [6, 6.07) is 9.62. The Bertz CT molecular complexity index is 325. The number of phosphoric acid groups is 1. The van der Waals surface area contributed by atoms with Gasteiger partial charge in [0.25, 0.3) is 0 Å². The fraction of sp³-hybridized carbons (Fsp3) is 0.400. The van der Waals surface area contributed by atoms with Crippen LogP contribution in [0.2, 0.25) is 0 Å². The second kappa shape index (κ2) is 6.03. The quantitative estimate of drug-likeness (QED) is 0.762. The van der Waals surface area contributed by atoms with Crippen molar-refractivity contribution in [1.29, 1.82) is 0 Å². The minimum absolute atomic E-state index is 0.166. The lowest BCUT2D eigenvalue weighted by atomic mass is 10.2. The molecule has 4 nitrogen and oxygen atoms in total. The molecule has 0 saturated heterocycles. The molecule has 84 valence electrons. The van der Waals surface area contributed by atoms with E-state index in [1.54, 1.807) is 6.92 Å². The smallest absolute Gasteiger partial charge is 0.302 e. The number of hydrogen-bond donors (Lipinski definition) is 1. The minimum atomic E-state index is -3.83. The van der Waals surface area contributed by atoms with Gasteiger partial charge in [-0.2, -0.15) is 0 Å². The molecule has 15 heavy (non-hydrogen) atoms. The normalized spacial score (nSPS) is 14.8. The largest absolute Gasteiger partial charge is 0.472 e. The average Bonchev–Trinajstić information content (AvgIpc) is 2.19. The molecule has 1 aromatic carbocycles. The van der Waals surface area contributed by atoms with E-state index in [0.29, 0.717) is 6.42 Å². The van der Waals surface area contributed by atoms with Crippen molar-refractivity contribution in [2.75, 3.05) is 13.2 Å². The summed E-state index contributed by atoms with van der Waals surface area (Å²) < 4.78 is 20.4. The van der Waals surface area contributed by atoms with Crippen molar-refractivity contribution in [1.82, 2.24) is 0 Å². The van der Waals surface area contributed by atoms with Crippen molar-refractivity contribution in [3.63, 3.8) is 0 Å². The van der Waals surface area contributed by atoms with Crippen molar-refractivity contribution >= 4 is 7.82 Å². The number of rotatable bonds is 6. The van der Waals surface area contributed by atoms with Crippen LogP contribution in [0.1, 0.15) is 12.5 Å². The SMILES string of the molecule is CCOP(=O)(O)OCCc1ccccc1. The van der Waals surface area contributed by atoms with Gasteiger partial charge in [0.2, 0.25) is 0 Å². The van der Waals surface area contributed by atoms with Gasteiger partial charge in [0, 0.05) is 0 Å². The van der Waals surface area contributed by atoms with E-state index in [1.807, 2.05) is 30.3 Å². The Morgan fingerprint density at radius 1 is 1.27 bits per heavy atom. The molecule has 1 unspecified atom stereocenters. The number of hydrogen-bond acceptors (Lipinski definition) is 3. The summed E-state index contributed by atoms with van der Waals surface area (Å²) >= 11 is 0. The summed E-state index contributed by atoms with van der Waals surface area (Å²) in [5.41, 5.74) is 1.06. The lowest BCUT2D eigenvalue weighted by Gasteiger charge is -2.10. The van der Waals surface area contributed by atoms with Crippen molar-refractivity contribution in [3.8, 4) is 0 Å². The van der Waals surface area contributed by atoms with Gasteiger partial charge in [-0.15, -0.1) is 0 Å². The van der Waals surface area contributed by atoms with Gasteiger partial charge < -0.3 is 4.89 Å². The Labute approximate surface area is 89.5 Å². The van der Waals surface area contributed by atoms with Crippen LogP contribution in [0, 0.1) is 0 Å². The first kappa shape index (κ1) is 12.4. The molecule has 1 aromatic rings. The highest BCUT2D eigenvalue weighted by molar-refractivity contribution is 7.47. The van der Waals surface area contributed by atoms with Gasteiger partial charge in [-0.25, -0.2) is 4.57 Å². The first-order valence-corrected chi connectivity index (χ1v) is 6.29. The second-order valence-electron chi connectivity index (χ2n) is 2.96.